The summed E-state index contributed by atoms with van der Waals surface area (Å²) in [5.41, 5.74) is 7.52. The van der Waals surface area contributed by atoms with Crippen molar-refractivity contribution in [3.8, 4) is 0 Å². The Kier molecular flexibility index (Phi) is 4.66. The molecule has 0 saturated carbocycles. The van der Waals surface area contributed by atoms with Crippen LogP contribution in [0, 0.1) is 0 Å². The van der Waals surface area contributed by atoms with E-state index in [-0.39, 0.29) is 11.9 Å². The normalized spacial score (nSPS) is 19.5. The Hall–Kier alpha value is -1.26. The molecule has 5 heteroatoms. The lowest BCUT2D eigenvalue weighted by Crippen LogP contribution is -2.47. The smallest absolute Gasteiger partial charge is 0.240 e. The van der Waals surface area contributed by atoms with E-state index in [0.29, 0.717) is 0 Å². The van der Waals surface area contributed by atoms with Gasteiger partial charge in [-0.25, -0.2) is 0 Å². The second-order valence-corrected chi connectivity index (χ2v) is 5.32. The van der Waals surface area contributed by atoms with E-state index in [1.807, 2.05) is 25.2 Å². The molecule has 1 aliphatic heterocycles. The van der Waals surface area contributed by atoms with Crippen LogP contribution in [0.4, 0.5) is 5.69 Å². The molecule has 1 aromatic rings. The van der Waals surface area contributed by atoms with Crippen LogP contribution in [0.2, 0.25) is 5.02 Å². The highest BCUT2D eigenvalue weighted by Crippen LogP contribution is 2.28. The van der Waals surface area contributed by atoms with Crippen LogP contribution in [0.15, 0.2) is 18.2 Å². The van der Waals surface area contributed by atoms with E-state index in [0.717, 1.165) is 48.6 Å². The third-order valence-corrected chi connectivity index (χ3v) is 3.92. The number of halogens is 1. The number of nitrogens with zero attached hydrogens (tertiary/aromatic N) is 1. The number of rotatable bonds is 4. The summed E-state index contributed by atoms with van der Waals surface area (Å²) in [6.45, 7) is 1.59. The molecule has 1 saturated heterocycles. The number of piperidine rings is 1. The average molecular weight is 282 g/mol. The molecule has 1 unspecified atom stereocenters. The first-order valence-corrected chi connectivity index (χ1v) is 7.00. The number of hydrogen-bond acceptors (Lipinski definition) is 3. The first kappa shape index (κ1) is 14.2. The van der Waals surface area contributed by atoms with Gasteiger partial charge in [-0.15, -0.1) is 0 Å². The van der Waals surface area contributed by atoms with E-state index in [2.05, 4.69) is 10.2 Å². The second-order valence-electron chi connectivity index (χ2n) is 4.91. The van der Waals surface area contributed by atoms with Gasteiger partial charge in [0.1, 0.15) is 6.04 Å². The summed E-state index contributed by atoms with van der Waals surface area (Å²) in [5.74, 6) is -0.255. The molecule has 1 heterocycles. The molecule has 104 valence electrons. The molecule has 1 aromatic carbocycles. The number of benzene rings is 1. The van der Waals surface area contributed by atoms with Crippen molar-refractivity contribution in [3.63, 3.8) is 0 Å². The lowest BCUT2D eigenvalue weighted by Gasteiger charge is -2.35. The Balaban J connectivity index is 2.24. The summed E-state index contributed by atoms with van der Waals surface area (Å²) in [5, 5.41) is 3.80. The zero-order valence-corrected chi connectivity index (χ0v) is 11.9. The van der Waals surface area contributed by atoms with E-state index in [9.17, 15) is 4.79 Å². The fourth-order valence-corrected chi connectivity index (χ4v) is 2.83. The molecule has 0 aliphatic carbocycles. The highest BCUT2D eigenvalue weighted by Gasteiger charge is 2.27. The second kappa shape index (κ2) is 6.26. The topological polar surface area (TPSA) is 58.4 Å². The molecule has 1 atom stereocenters. The van der Waals surface area contributed by atoms with Gasteiger partial charge in [-0.2, -0.15) is 0 Å². The van der Waals surface area contributed by atoms with Crippen LogP contribution in [-0.4, -0.2) is 25.5 Å². The van der Waals surface area contributed by atoms with Crippen molar-refractivity contribution in [1.82, 2.24) is 5.32 Å². The summed E-state index contributed by atoms with van der Waals surface area (Å²) in [4.78, 5) is 13.6. The number of carbonyl (C=O) groups excluding carboxylic acids is 1. The number of nitrogens with one attached hydrogen (secondary N) is 1. The lowest BCUT2D eigenvalue weighted by atomic mass is 10.0. The van der Waals surface area contributed by atoms with Gasteiger partial charge in [-0.1, -0.05) is 17.7 Å². The number of primary amides is 1. The minimum absolute atomic E-state index is 0.208. The molecule has 1 amide bonds. The third kappa shape index (κ3) is 3.19. The maximum absolute atomic E-state index is 11.5. The van der Waals surface area contributed by atoms with Crippen molar-refractivity contribution in [2.75, 3.05) is 18.5 Å². The molecular formula is C14H20ClN3O. The SMILES string of the molecule is CNCc1ccc(N2CCCCC2C(N)=O)cc1Cl. The van der Waals surface area contributed by atoms with Crippen molar-refractivity contribution in [2.45, 2.75) is 31.8 Å². The average Bonchev–Trinajstić information content (AvgIpc) is 2.41. The molecule has 19 heavy (non-hydrogen) atoms. The number of amides is 1. The molecule has 0 spiro atoms. The predicted molar refractivity (Wildman–Crippen MR) is 78.4 cm³/mol. The largest absolute Gasteiger partial charge is 0.368 e. The van der Waals surface area contributed by atoms with Gasteiger partial charge in [0.2, 0.25) is 5.91 Å². The summed E-state index contributed by atoms with van der Waals surface area (Å²) >= 11 is 6.27. The predicted octanol–water partition coefficient (Wildman–Crippen LogP) is 1.90. The Morgan fingerprint density at radius 2 is 2.32 bits per heavy atom. The molecule has 3 N–H and O–H groups in total. The van der Waals surface area contributed by atoms with Gasteiger partial charge in [-0.3, -0.25) is 4.79 Å². The van der Waals surface area contributed by atoms with Gasteiger partial charge in [-0.05, 0) is 44.0 Å². The highest BCUT2D eigenvalue weighted by molar-refractivity contribution is 6.31. The van der Waals surface area contributed by atoms with Crippen LogP contribution in [0.25, 0.3) is 0 Å². The van der Waals surface area contributed by atoms with Crippen LogP contribution >= 0.6 is 11.6 Å². The molecule has 1 aliphatic rings. The zero-order chi connectivity index (χ0) is 13.8. The molecule has 4 nitrogen and oxygen atoms in total. The molecule has 0 aromatic heterocycles. The van der Waals surface area contributed by atoms with Crippen molar-refractivity contribution >= 4 is 23.2 Å². The summed E-state index contributed by atoms with van der Waals surface area (Å²) in [6, 6.07) is 5.73. The lowest BCUT2D eigenvalue weighted by molar-refractivity contribution is -0.119. The summed E-state index contributed by atoms with van der Waals surface area (Å²) in [6.07, 6.45) is 2.96. The molecule has 2 rings (SSSR count). The first-order valence-electron chi connectivity index (χ1n) is 6.62. The van der Waals surface area contributed by atoms with Crippen LogP contribution in [0.3, 0.4) is 0 Å². The van der Waals surface area contributed by atoms with E-state index in [4.69, 9.17) is 17.3 Å². The van der Waals surface area contributed by atoms with E-state index < -0.39 is 0 Å². The van der Waals surface area contributed by atoms with Crippen molar-refractivity contribution in [2.24, 2.45) is 5.73 Å². The van der Waals surface area contributed by atoms with E-state index in [1.54, 1.807) is 0 Å². The monoisotopic (exact) mass is 281 g/mol. The van der Waals surface area contributed by atoms with Crippen LogP contribution in [0.5, 0.6) is 0 Å². The van der Waals surface area contributed by atoms with E-state index in [1.165, 1.54) is 0 Å². The standard InChI is InChI=1S/C14H20ClN3O/c1-17-9-10-5-6-11(8-12(10)15)18-7-3-2-4-13(18)14(16)19/h5-6,8,13,17H,2-4,7,9H2,1H3,(H2,16,19). The van der Waals surface area contributed by atoms with Gasteiger partial charge < -0.3 is 16.0 Å². The molecule has 1 fully saturated rings. The van der Waals surface area contributed by atoms with Gasteiger partial charge in [0.15, 0.2) is 0 Å². The fourth-order valence-electron chi connectivity index (χ4n) is 2.59. The van der Waals surface area contributed by atoms with Crippen LogP contribution in [-0.2, 0) is 11.3 Å². The van der Waals surface area contributed by atoms with E-state index >= 15 is 0 Å². The van der Waals surface area contributed by atoms with Crippen LogP contribution in [0.1, 0.15) is 24.8 Å². The molecule has 0 bridgehead atoms. The summed E-state index contributed by atoms with van der Waals surface area (Å²) < 4.78 is 0. The maximum atomic E-state index is 11.5. The number of hydrogen-bond donors (Lipinski definition) is 2. The van der Waals surface area contributed by atoms with Crippen molar-refractivity contribution in [3.05, 3.63) is 28.8 Å². The number of nitrogens with two attached hydrogens (primary N) is 1. The van der Waals surface area contributed by atoms with Crippen LogP contribution < -0.4 is 16.0 Å². The van der Waals surface area contributed by atoms with Gasteiger partial charge in [0.05, 0.1) is 0 Å². The number of anilines is 1. The minimum atomic E-state index is -0.255. The Morgan fingerprint density at radius 1 is 1.53 bits per heavy atom. The minimum Gasteiger partial charge on any atom is -0.368 e. The van der Waals surface area contributed by atoms with Gasteiger partial charge in [0.25, 0.3) is 0 Å². The quantitative estimate of drug-likeness (QED) is 0.886. The van der Waals surface area contributed by atoms with Gasteiger partial charge >= 0.3 is 0 Å². The molecular weight excluding hydrogens is 262 g/mol. The Labute approximate surface area is 118 Å². The third-order valence-electron chi connectivity index (χ3n) is 3.57. The zero-order valence-electron chi connectivity index (χ0n) is 11.2. The fraction of sp³-hybridized carbons (Fsp3) is 0.500. The Morgan fingerprint density at radius 3 is 2.95 bits per heavy atom. The van der Waals surface area contributed by atoms with Crippen molar-refractivity contribution in [1.29, 1.82) is 0 Å². The maximum Gasteiger partial charge on any atom is 0.240 e. The summed E-state index contributed by atoms with van der Waals surface area (Å²) in [7, 11) is 1.89. The Bertz CT molecular complexity index is 464. The first-order chi connectivity index (χ1) is 9.13. The van der Waals surface area contributed by atoms with Gasteiger partial charge in [0, 0.05) is 23.8 Å². The van der Waals surface area contributed by atoms with Crippen molar-refractivity contribution < 1.29 is 4.79 Å². The number of carbonyl (C=O) groups is 1. The highest BCUT2D eigenvalue weighted by atomic mass is 35.5. The molecule has 0 radical (unpaired) electrons.